The maximum Gasteiger partial charge on any atom is 0.111 e. The molecule has 2 aromatic rings. The van der Waals surface area contributed by atoms with Crippen LogP contribution in [0.2, 0.25) is 0 Å². The van der Waals surface area contributed by atoms with Crippen LogP contribution in [0.1, 0.15) is 37.4 Å². The van der Waals surface area contributed by atoms with Gasteiger partial charge in [0, 0.05) is 19.1 Å². The van der Waals surface area contributed by atoms with Crippen molar-refractivity contribution in [2.24, 2.45) is 17.6 Å². The molecule has 1 aromatic carbocycles. The molecule has 108 valence electrons. The minimum absolute atomic E-state index is 0.307. The SMILES string of the molecule is NCC(c1nc2ccccc2[nH]1)C1CCC(CO)CC1. The summed E-state index contributed by atoms with van der Waals surface area (Å²) in [5.41, 5.74) is 8.12. The minimum Gasteiger partial charge on any atom is -0.396 e. The van der Waals surface area contributed by atoms with Crippen LogP contribution in [0.25, 0.3) is 11.0 Å². The Morgan fingerprint density at radius 2 is 2.00 bits per heavy atom. The Morgan fingerprint density at radius 1 is 1.25 bits per heavy atom. The number of rotatable bonds is 4. The summed E-state index contributed by atoms with van der Waals surface area (Å²) >= 11 is 0. The highest BCUT2D eigenvalue weighted by molar-refractivity contribution is 5.74. The smallest absolute Gasteiger partial charge is 0.111 e. The van der Waals surface area contributed by atoms with Gasteiger partial charge in [0.1, 0.15) is 5.82 Å². The molecule has 1 saturated carbocycles. The van der Waals surface area contributed by atoms with Crippen molar-refractivity contribution in [1.29, 1.82) is 0 Å². The number of benzene rings is 1. The lowest BCUT2D eigenvalue weighted by Crippen LogP contribution is -2.27. The molecule has 1 fully saturated rings. The second kappa shape index (κ2) is 5.94. The number of aromatic nitrogens is 2. The van der Waals surface area contributed by atoms with Gasteiger partial charge >= 0.3 is 0 Å². The van der Waals surface area contributed by atoms with Crippen LogP contribution >= 0.6 is 0 Å². The Bertz CT molecular complexity index is 525. The van der Waals surface area contributed by atoms with Crippen LogP contribution in [-0.4, -0.2) is 28.2 Å². The summed E-state index contributed by atoms with van der Waals surface area (Å²) in [6.45, 7) is 0.957. The van der Waals surface area contributed by atoms with Gasteiger partial charge < -0.3 is 15.8 Å². The molecule has 3 rings (SSSR count). The van der Waals surface area contributed by atoms with Gasteiger partial charge in [-0.1, -0.05) is 12.1 Å². The highest BCUT2D eigenvalue weighted by Crippen LogP contribution is 2.37. The average molecular weight is 273 g/mol. The van der Waals surface area contributed by atoms with Crippen LogP contribution in [-0.2, 0) is 0 Å². The van der Waals surface area contributed by atoms with Gasteiger partial charge in [-0.05, 0) is 49.7 Å². The molecule has 0 aliphatic heterocycles. The van der Waals surface area contributed by atoms with E-state index < -0.39 is 0 Å². The molecular formula is C16H23N3O. The van der Waals surface area contributed by atoms with E-state index in [1.54, 1.807) is 0 Å². The number of nitrogens with zero attached hydrogens (tertiary/aromatic N) is 1. The van der Waals surface area contributed by atoms with Crippen molar-refractivity contribution in [2.75, 3.05) is 13.2 Å². The Balaban J connectivity index is 1.79. The molecule has 4 heteroatoms. The number of aromatic amines is 1. The van der Waals surface area contributed by atoms with E-state index >= 15 is 0 Å². The fraction of sp³-hybridized carbons (Fsp3) is 0.562. The lowest BCUT2D eigenvalue weighted by atomic mass is 9.75. The predicted molar refractivity (Wildman–Crippen MR) is 80.4 cm³/mol. The van der Waals surface area contributed by atoms with Crippen LogP contribution < -0.4 is 5.73 Å². The predicted octanol–water partition coefficient (Wildman–Crippen LogP) is 2.40. The van der Waals surface area contributed by atoms with Crippen molar-refractivity contribution in [1.82, 2.24) is 9.97 Å². The summed E-state index contributed by atoms with van der Waals surface area (Å²) in [4.78, 5) is 8.14. The number of nitrogens with one attached hydrogen (secondary N) is 1. The van der Waals surface area contributed by atoms with E-state index in [2.05, 4.69) is 11.1 Å². The van der Waals surface area contributed by atoms with Crippen molar-refractivity contribution in [3.8, 4) is 0 Å². The molecule has 1 aliphatic rings. The first kappa shape index (κ1) is 13.6. The molecule has 1 aliphatic carbocycles. The second-order valence-corrected chi connectivity index (χ2v) is 5.94. The summed E-state index contributed by atoms with van der Waals surface area (Å²) in [5.74, 6) is 2.41. The van der Waals surface area contributed by atoms with E-state index in [-0.39, 0.29) is 0 Å². The molecular weight excluding hydrogens is 250 g/mol. The summed E-state index contributed by atoms with van der Waals surface area (Å²) < 4.78 is 0. The van der Waals surface area contributed by atoms with E-state index in [9.17, 15) is 5.11 Å². The number of aliphatic hydroxyl groups excluding tert-OH is 1. The highest BCUT2D eigenvalue weighted by atomic mass is 16.3. The Morgan fingerprint density at radius 3 is 2.65 bits per heavy atom. The molecule has 0 saturated heterocycles. The summed E-state index contributed by atoms with van der Waals surface area (Å²) in [7, 11) is 0. The van der Waals surface area contributed by atoms with Crippen molar-refractivity contribution < 1.29 is 5.11 Å². The number of fused-ring (bicyclic) bond motifs is 1. The largest absolute Gasteiger partial charge is 0.396 e. The van der Waals surface area contributed by atoms with Crippen molar-refractivity contribution >= 4 is 11.0 Å². The van der Waals surface area contributed by atoms with E-state index in [1.807, 2.05) is 18.2 Å². The van der Waals surface area contributed by atoms with E-state index in [4.69, 9.17) is 10.7 Å². The monoisotopic (exact) mass is 273 g/mol. The Labute approximate surface area is 119 Å². The number of para-hydroxylation sites is 2. The third-order valence-corrected chi connectivity index (χ3v) is 4.73. The van der Waals surface area contributed by atoms with Gasteiger partial charge in [-0.2, -0.15) is 0 Å². The molecule has 0 bridgehead atoms. The molecule has 0 radical (unpaired) electrons. The van der Waals surface area contributed by atoms with Crippen LogP contribution in [0.5, 0.6) is 0 Å². The van der Waals surface area contributed by atoms with Crippen LogP contribution in [0, 0.1) is 11.8 Å². The quantitative estimate of drug-likeness (QED) is 0.800. The minimum atomic E-state index is 0.307. The lowest BCUT2D eigenvalue weighted by molar-refractivity contribution is 0.157. The third-order valence-electron chi connectivity index (χ3n) is 4.73. The van der Waals surface area contributed by atoms with Crippen LogP contribution in [0.4, 0.5) is 0 Å². The normalized spacial score (nSPS) is 24.9. The van der Waals surface area contributed by atoms with Crippen LogP contribution in [0.15, 0.2) is 24.3 Å². The highest BCUT2D eigenvalue weighted by Gasteiger charge is 2.29. The third kappa shape index (κ3) is 2.58. The zero-order chi connectivity index (χ0) is 13.9. The first-order chi connectivity index (χ1) is 9.81. The molecule has 1 unspecified atom stereocenters. The number of imidazole rings is 1. The zero-order valence-corrected chi connectivity index (χ0v) is 11.8. The first-order valence-corrected chi connectivity index (χ1v) is 7.57. The number of nitrogens with two attached hydrogens (primary N) is 1. The standard InChI is InChI=1S/C16H23N3O/c17-9-13(12-7-5-11(10-20)6-8-12)16-18-14-3-1-2-4-15(14)19-16/h1-4,11-13,20H,5-10,17H2,(H,18,19). The molecule has 1 atom stereocenters. The molecule has 0 spiro atoms. The Kier molecular flexibility index (Phi) is 4.03. The van der Waals surface area contributed by atoms with Gasteiger partial charge in [-0.25, -0.2) is 4.98 Å². The fourth-order valence-electron chi connectivity index (χ4n) is 3.45. The molecule has 1 heterocycles. The number of H-pyrrole nitrogens is 1. The zero-order valence-electron chi connectivity index (χ0n) is 11.8. The molecule has 4 nitrogen and oxygen atoms in total. The summed E-state index contributed by atoms with van der Waals surface area (Å²) in [5, 5.41) is 9.24. The maximum atomic E-state index is 9.24. The van der Waals surface area contributed by atoms with Gasteiger partial charge in [0.25, 0.3) is 0 Å². The molecule has 0 amide bonds. The van der Waals surface area contributed by atoms with Crippen molar-refractivity contribution in [3.05, 3.63) is 30.1 Å². The topological polar surface area (TPSA) is 74.9 Å². The molecule has 20 heavy (non-hydrogen) atoms. The lowest BCUT2D eigenvalue weighted by Gasteiger charge is -2.31. The summed E-state index contributed by atoms with van der Waals surface area (Å²) in [6, 6.07) is 8.12. The van der Waals surface area contributed by atoms with Gasteiger partial charge in [0.2, 0.25) is 0 Å². The Hall–Kier alpha value is -1.39. The van der Waals surface area contributed by atoms with Gasteiger partial charge in [-0.15, -0.1) is 0 Å². The molecule has 4 N–H and O–H groups in total. The maximum absolute atomic E-state index is 9.24. The number of hydrogen-bond acceptors (Lipinski definition) is 3. The van der Waals surface area contributed by atoms with E-state index in [0.717, 1.165) is 42.5 Å². The van der Waals surface area contributed by atoms with Crippen molar-refractivity contribution in [2.45, 2.75) is 31.6 Å². The van der Waals surface area contributed by atoms with Gasteiger partial charge in [-0.3, -0.25) is 0 Å². The van der Waals surface area contributed by atoms with Crippen molar-refractivity contribution in [3.63, 3.8) is 0 Å². The number of hydrogen-bond donors (Lipinski definition) is 3. The average Bonchev–Trinajstić information content (AvgIpc) is 2.92. The number of aliphatic hydroxyl groups is 1. The summed E-state index contributed by atoms with van der Waals surface area (Å²) in [6.07, 6.45) is 4.50. The van der Waals surface area contributed by atoms with E-state index in [1.165, 1.54) is 0 Å². The van der Waals surface area contributed by atoms with Gasteiger partial charge in [0.15, 0.2) is 0 Å². The fourth-order valence-corrected chi connectivity index (χ4v) is 3.45. The first-order valence-electron chi connectivity index (χ1n) is 7.57. The molecule has 1 aromatic heterocycles. The van der Waals surface area contributed by atoms with E-state index in [0.29, 0.717) is 30.9 Å². The van der Waals surface area contributed by atoms with Gasteiger partial charge in [0.05, 0.1) is 11.0 Å². The van der Waals surface area contributed by atoms with Crippen LogP contribution in [0.3, 0.4) is 0 Å². The second-order valence-electron chi connectivity index (χ2n) is 5.94.